The van der Waals surface area contributed by atoms with E-state index in [1.165, 1.54) is 19.6 Å². The van der Waals surface area contributed by atoms with Gasteiger partial charge in [0.15, 0.2) is 17.9 Å². The van der Waals surface area contributed by atoms with Crippen molar-refractivity contribution in [1.82, 2.24) is 9.97 Å². The summed E-state index contributed by atoms with van der Waals surface area (Å²) in [4.78, 5) is 20.6. The second kappa shape index (κ2) is 8.00. The Morgan fingerprint density at radius 3 is 2.70 bits per heavy atom. The first-order chi connectivity index (χ1) is 14.6. The molecule has 152 valence electrons. The Balaban J connectivity index is 1.60. The molecule has 9 heteroatoms. The molecular formula is C21H18N4O5. The molecule has 0 unspecified atom stereocenters. The van der Waals surface area contributed by atoms with Crippen LogP contribution in [0.15, 0.2) is 70.1 Å². The summed E-state index contributed by atoms with van der Waals surface area (Å²) in [5.41, 5.74) is 2.56. The number of carboxylic acid groups (broad SMARTS) is 1. The van der Waals surface area contributed by atoms with Gasteiger partial charge in [0.1, 0.15) is 5.75 Å². The van der Waals surface area contributed by atoms with Crippen LogP contribution in [0, 0.1) is 0 Å². The fourth-order valence-electron chi connectivity index (χ4n) is 2.98. The molecule has 0 aliphatic rings. The summed E-state index contributed by atoms with van der Waals surface area (Å²) < 4.78 is 16.6. The van der Waals surface area contributed by atoms with Crippen LogP contribution < -0.4 is 15.0 Å². The number of amides is 1. The minimum absolute atomic E-state index is 0.257. The first kappa shape index (κ1) is 19.1. The van der Waals surface area contributed by atoms with Crippen LogP contribution in [-0.4, -0.2) is 35.3 Å². The van der Waals surface area contributed by atoms with Crippen molar-refractivity contribution in [3.05, 3.63) is 61.3 Å². The number of carbonyl (C=O) groups is 1. The van der Waals surface area contributed by atoms with Gasteiger partial charge in [-0.3, -0.25) is 4.90 Å². The van der Waals surface area contributed by atoms with E-state index in [4.69, 9.17) is 13.6 Å². The van der Waals surface area contributed by atoms with E-state index >= 15 is 0 Å². The SMILES string of the molecule is COc1cc(Nc2ncc(-c3ccccc3N(C)C(=O)O)o2)ccc1-c1cnco1. The van der Waals surface area contributed by atoms with Gasteiger partial charge in [0.2, 0.25) is 0 Å². The average molecular weight is 406 g/mol. The highest BCUT2D eigenvalue weighted by atomic mass is 16.5. The number of hydrogen-bond acceptors (Lipinski definition) is 7. The zero-order valence-corrected chi connectivity index (χ0v) is 16.2. The Morgan fingerprint density at radius 2 is 1.97 bits per heavy atom. The molecule has 4 aromatic rings. The molecule has 30 heavy (non-hydrogen) atoms. The smallest absolute Gasteiger partial charge is 0.411 e. The summed E-state index contributed by atoms with van der Waals surface area (Å²) in [5.74, 6) is 1.62. The second-order valence-corrected chi connectivity index (χ2v) is 6.29. The lowest BCUT2D eigenvalue weighted by Crippen LogP contribution is -2.24. The lowest BCUT2D eigenvalue weighted by atomic mass is 10.1. The van der Waals surface area contributed by atoms with Crippen LogP contribution in [0.2, 0.25) is 0 Å². The summed E-state index contributed by atoms with van der Waals surface area (Å²) >= 11 is 0. The number of nitrogens with one attached hydrogen (secondary N) is 1. The van der Waals surface area contributed by atoms with Crippen LogP contribution in [0.5, 0.6) is 5.75 Å². The van der Waals surface area contributed by atoms with Crippen molar-refractivity contribution >= 4 is 23.5 Å². The monoisotopic (exact) mass is 406 g/mol. The molecule has 0 saturated carbocycles. The van der Waals surface area contributed by atoms with Gasteiger partial charge >= 0.3 is 6.09 Å². The van der Waals surface area contributed by atoms with Crippen LogP contribution in [0.1, 0.15) is 0 Å². The predicted octanol–water partition coefficient (Wildman–Crippen LogP) is 4.86. The molecule has 0 aliphatic heterocycles. The lowest BCUT2D eigenvalue weighted by Gasteiger charge is -2.16. The fourth-order valence-corrected chi connectivity index (χ4v) is 2.98. The first-order valence-electron chi connectivity index (χ1n) is 8.92. The fraction of sp³-hybridized carbons (Fsp3) is 0.0952. The van der Waals surface area contributed by atoms with Gasteiger partial charge in [0.05, 0.1) is 30.8 Å². The van der Waals surface area contributed by atoms with E-state index in [1.807, 2.05) is 12.1 Å². The average Bonchev–Trinajstić information content (AvgIpc) is 3.45. The van der Waals surface area contributed by atoms with Crippen molar-refractivity contribution in [2.24, 2.45) is 0 Å². The molecule has 2 heterocycles. The van der Waals surface area contributed by atoms with Crippen LogP contribution in [0.25, 0.3) is 22.6 Å². The molecule has 2 aromatic carbocycles. The van der Waals surface area contributed by atoms with E-state index < -0.39 is 6.09 Å². The summed E-state index contributed by atoms with van der Waals surface area (Å²) in [6.07, 6.45) is 3.43. The molecule has 0 saturated heterocycles. The van der Waals surface area contributed by atoms with Crippen molar-refractivity contribution in [3.63, 3.8) is 0 Å². The summed E-state index contributed by atoms with van der Waals surface area (Å²) in [6, 6.07) is 12.7. The van der Waals surface area contributed by atoms with Gasteiger partial charge in [-0.15, -0.1) is 0 Å². The molecule has 0 atom stereocenters. The van der Waals surface area contributed by atoms with Crippen molar-refractivity contribution < 1.29 is 23.5 Å². The van der Waals surface area contributed by atoms with E-state index in [0.717, 1.165) is 10.5 Å². The molecule has 0 bridgehead atoms. The van der Waals surface area contributed by atoms with Crippen molar-refractivity contribution in [2.75, 3.05) is 24.4 Å². The number of nitrogens with zero attached hydrogens (tertiary/aromatic N) is 3. The molecule has 9 nitrogen and oxygen atoms in total. The summed E-state index contributed by atoms with van der Waals surface area (Å²) in [5, 5.41) is 12.4. The van der Waals surface area contributed by atoms with E-state index in [2.05, 4.69) is 15.3 Å². The summed E-state index contributed by atoms with van der Waals surface area (Å²) in [7, 11) is 3.04. The maximum atomic E-state index is 11.3. The molecule has 1 amide bonds. The van der Waals surface area contributed by atoms with Crippen LogP contribution in [0.3, 0.4) is 0 Å². The van der Waals surface area contributed by atoms with Gasteiger partial charge in [-0.05, 0) is 24.3 Å². The van der Waals surface area contributed by atoms with Crippen LogP contribution in [-0.2, 0) is 0 Å². The molecule has 0 aliphatic carbocycles. The zero-order valence-electron chi connectivity index (χ0n) is 16.2. The van der Waals surface area contributed by atoms with Crippen molar-refractivity contribution in [3.8, 4) is 28.4 Å². The molecule has 0 radical (unpaired) electrons. The van der Waals surface area contributed by atoms with Gasteiger partial charge < -0.3 is 24.0 Å². The third-order valence-electron chi connectivity index (χ3n) is 4.47. The van der Waals surface area contributed by atoms with E-state index in [-0.39, 0.29) is 6.01 Å². The second-order valence-electron chi connectivity index (χ2n) is 6.29. The number of ether oxygens (including phenoxy) is 1. The number of aromatic nitrogens is 2. The van der Waals surface area contributed by atoms with Gasteiger partial charge in [-0.2, -0.15) is 0 Å². The van der Waals surface area contributed by atoms with Crippen molar-refractivity contribution in [1.29, 1.82) is 0 Å². The number of para-hydroxylation sites is 1. The minimum Gasteiger partial charge on any atom is -0.496 e. The Bertz CT molecular complexity index is 1170. The highest BCUT2D eigenvalue weighted by Crippen LogP contribution is 2.35. The topological polar surface area (TPSA) is 114 Å². The van der Waals surface area contributed by atoms with Gasteiger partial charge in [-0.25, -0.2) is 14.8 Å². The molecule has 0 spiro atoms. The molecular weight excluding hydrogens is 388 g/mol. The molecule has 2 aromatic heterocycles. The number of methoxy groups -OCH3 is 1. The predicted molar refractivity (Wildman–Crippen MR) is 110 cm³/mol. The van der Waals surface area contributed by atoms with E-state index in [0.29, 0.717) is 34.2 Å². The van der Waals surface area contributed by atoms with E-state index in [9.17, 15) is 9.90 Å². The number of anilines is 3. The van der Waals surface area contributed by atoms with Gasteiger partial charge in [-0.1, -0.05) is 12.1 Å². The van der Waals surface area contributed by atoms with E-state index in [1.54, 1.807) is 43.6 Å². The quantitative estimate of drug-likeness (QED) is 0.466. The number of benzene rings is 2. The Labute approximate surface area is 171 Å². The first-order valence-corrected chi connectivity index (χ1v) is 8.92. The van der Waals surface area contributed by atoms with Gasteiger partial charge in [0.25, 0.3) is 6.01 Å². The standard InChI is InChI=1S/C21H18N4O5/c1-25(21(26)27)16-6-4-3-5-14(16)19-11-23-20(30-19)24-13-7-8-15(17(9-13)28-2)18-10-22-12-29-18/h3-12H,1-2H3,(H,23,24)(H,26,27). The van der Waals surface area contributed by atoms with Gasteiger partial charge in [0, 0.05) is 24.4 Å². The van der Waals surface area contributed by atoms with Crippen LogP contribution in [0.4, 0.5) is 22.2 Å². The lowest BCUT2D eigenvalue weighted by molar-refractivity contribution is 0.203. The molecule has 0 fully saturated rings. The third-order valence-corrected chi connectivity index (χ3v) is 4.47. The minimum atomic E-state index is -1.07. The van der Waals surface area contributed by atoms with Crippen LogP contribution >= 0.6 is 0 Å². The Kier molecular flexibility index (Phi) is 5.08. The maximum absolute atomic E-state index is 11.3. The largest absolute Gasteiger partial charge is 0.496 e. The number of oxazole rings is 2. The highest BCUT2D eigenvalue weighted by Gasteiger charge is 2.17. The summed E-state index contributed by atoms with van der Waals surface area (Å²) in [6.45, 7) is 0. The molecule has 4 rings (SSSR count). The number of rotatable bonds is 6. The Hall–Kier alpha value is -4.27. The normalized spacial score (nSPS) is 10.6. The van der Waals surface area contributed by atoms with Crippen molar-refractivity contribution in [2.45, 2.75) is 0 Å². The highest BCUT2D eigenvalue weighted by molar-refractivity contribution is 5.91. The molecule has 2 N–H and O–H groups in total. The number of hydrogen-bond donors (Lipinski definition) is 2. The third kappa shape index (κ3) is 3.68. The maximum Gasteiger partial charge on any atom is 0.411 e. The zero-order chi connectivity index (χ0) is 21.1. The Morgan fingerprint density at radius 1 is 1.13 bits per heavy atom.